The van der Waals surface area contributed by atoms with E-state index in [-0.39, 0.29) is 22.6 Å². The molecule has 4 unspecified atom stereocenters. The van der Waals surface area contributed by atoms with Crippen LogP contribution in [0.25, 0.3) is 16.8 Å². The van der Waals surface area contributed by atoms with Gasteiger partial charge < -0.3 is 0 Å². The van der Waals surface area contributed by atoms with E-state index >= 15 is 0 Å². The Balaban J connectivity index is 1.57. The van der Waals surface area contributed by atoms with E-state index in [0.29, 0.717) is 18.8 Å². The predicted octanol–water partition coefficient (Wildman–Crippen LogP) is 8.03. The van der Waals surface area contributed by atoms with E-state index < -0.39 is 26.3 Å². The van der Waals surface area contributed by atoms with Crippen LogP contribution in [-0.4, -0.2) is 13.2 Å². The Morgan fingerprint density at radius 3 is 2.47 bits per heavy atom. The van der Waals surface area contributed by atoms with E-state index in [4.69, 9.17) is 0 Å². The molecule has 2 nitrogen and oxygen atoms in total. The lowest BCUT2D eigenvalue weighted by molar-refractivity contribution is -0.137. The van der Waals surface area contributed by atoms with E-state index in [1.165, 1.54) is 12.1 Å². The third-order valence-electron chi connectivity index (χ3n) is 8.92. The van der Waals surface area contributed by atoms with Crippen molar-refractivity contribution in [1.82, 2.24) is 0 Å². The standard InChI is InChI=1S/C30H29F3O2S/c1-2-29(36(34,35)24-8-5-7-23(17-24)30(31,32)33)18-22(19-10-11-19)16-21-13-14-26-25-9-4-3-6-20(25)12-15-27(26)28(21)29/h3-9,12-15,17,19,21-22,28H,2,10-11,16,18H2,1H3. The van der Waals surface area contributed by atoms with Gasteiger partial charge in [0.2, 0.25) is 0 Å². The Morgan fingerprint density at radius 2 is 1.75 bits per heavy atom. The average molecular weight is 511 g/mol. The SMILES string of the molecule is CCC1(S(=O)(=O)c2cccc(C(F)(F)F)c2)CC(C2CC2)CC2C=Cc3c(ccc4ccccc34)C21. The molecule has 36 heavy (non-hydrogen) atoms. The minimum Gasteiger partial charge on any atom is -0.223 e. The van der Waals surface area contributed by atoms with Crippen LogP contribution >= 0.6 is 0 Å². The van der Waals surface area contributed by atoms with Gasteiger partial charge >= 0.3 is 6.18 Å². The molecule has 0 radical (unpaired) electrons. The largest absolute Gasteiger partial charge is 0.416 e. The molecule has 0 N–H and O–H groups in total. The first-order valence-electron chi connectivity index (χ1n) is 12.8. The molecule has 188 valence electrons. The molecule has 0 saturated heterocycles. The van der Waals surface area contributed by atoms with Crippen LogP contribution in [0.2, 0.25) is 0 Å². The number of rotatable bonds is 4. The molecule has 0 aliphatic heterocycles. The molecule has 0 amide bonds. The second-order valence-corrected chi connectivity index (χ2v) is 13.1. The van der Waals surface area contributed by atoms with Crippen LogP contribution in [0.1, 0.15) is 61.6 Å². The fourth-order valence-corrected chi connectivity index (χ4v) is 9.51. The van der Waals surface area contributed by atoms with Crippen LogP contribution in [0.15, 0.2) is 71.6 Å². The van der Waals surface area contributed by atoms with Crippen molar-refractivity contribution in [2.45, 2.75) is 60.8 Å². The first-order valence-corrected chi connectivity index (χ1v) is 14.3. The highest BCUT2D eigenvalue weighted by Crippen LogP contribution is 2.60. The molecule has 4 atom stereocenters. The van der Waals surface area contributed by atoms with Crippen molar-refractivity contribution in [2.75, 3.05) is 0 Å². The highest BCUT2D eigenvalue weighted by atomic mass is 32.2. The molecular weight excluding hydrogens is 481 g/mol. The van der Waals surface area contributed by atoms with Crippen LogP contribution in [-0.2, 0) is 16.0 Å². The van der Waals surface area contributed by atoms with Gasteiger partial charge in [-0.2, -0.15) is 13.2 Å². The lowest BCUT2D eigenvalue weighted by Gasteiger charge is -2.51. The summed E-state index contributed by atoms with van der Waals surface area (Å²) in [4.78, 5) is -0.216. The molecule has 6 heteroatoms. The molecule has 3 aromatic rings. The molecule has 0 heterocycles. The molecule has 0 spiro atoms. The van der Waals surface area contributed by atoms with Gasteiger partial charge in [0.05, 0.1) is 15.2 Å². The predicted molar refractivity (Wildman–Crippen MR) is 136 cm³/mol. The number of sulfone groups is 1. The summed E-state index contributed by atoms with van der Waals surface area (Å²) in [7, 11) is -4.10. The molecule has 6 rings (SSSR count). The van der Waals surface area contributed by atoms with E-state index in [1.807, 2.05) is 25.1 Å². The molecular formula is C30H29F3O2S. The van der Waals surface area contributed by atoms with Crippen molar-refractivity contribution < 1.29 is 21.6 Å². The topological polar surface area (TPSA) is 34.1 Å². The van der Waals surface area contributed by atoms with E-state index in [1.54, 1.807) is 0 Å². The number of fused-ring (bicyclic) bond motifs is 5. The van der Waals surface area contributed by atoms with Crippen LogP contribution < -0.4 is 0 Å². The maximum absolute atomic E-state index is 14.5. The Morgan fingerprint density at radius 1 is 0.972 bits per heavy atom. The summed E-state index contributed by atoms with van der Waals surface area (Å²) in [6, 6.07) is 16.5. The Kier molecular flexibility index (Phi) is 5.42. The minimum absolute atomic E-state index is 0.0403. The van der Waals surface area contributed by atoms with Crippen LogP contribution in [0.5, 0.6) is 0 Å². The first kappa shape index (κ1) is 23.8. The number of alkyl halides is 3. The van der Waals surface area contributed by atoms with Crippen molar-refractivity contribution in [2.24, 2.45) is 17.8 Å². The van der Waals surface area contributed by atoms with Crippen molar-refractivity contribution in [1.29, 1.82) is 0 Å². The average Bonchev–Trinajstić information content (AvgIpc) is 3.72. The summed E-state index contributed by atoms with van der Waals surface area (Å²) in [5.74, 6) is 0.513. The van der Waals surface area contributed by atoms with Gasteiger partial charge in [0, 0.05) is 5.92 Å². The fourth-order valence-electron chi connectivity index (χ4n) is 7.06. The second-order valence-electron chi connectivity index (χ2n) is 10.8. The van der Waals surface area contributed by atoms with Gasteiger partial charge in [-0.15, -0.1) is 0 Å². The Bertz CT molecular complexity index is 1470. The number of hydrogen-bond acceptors (Lipinski definition) is 2. The van der Waals surface area contributed by atoms with E-state index in [0.717, 1.165) is 53.3 Å². The van der Waals surface area contributed by atoms with Crippen molar-refractivity contribution >= 4 is 26.7 Å². The maximum atomic E-state index is 14.5. The zero-order valence-electron chi connectivity index (χ0n) is 20.1. The summed E-state index contributed by atoms with van der Waals surface area (Å²) in [5, 5.41) is 2.17. The lowest BCUT2D eigenvalue weighted by atomic mass is 9.60. The molecule has 3 aliphatic rings. The smallest absolute Gasteiger partial charge is 0.223 e. The molecule has 3 aliphatic carbocycles. The van der Waals surface area contributed by atoms with Gasteiger partial charge in [0.25, 0.3) is 0 Å². The van der Waals surface area contributed by atoms with E-state index in [2.05, 4.69) is 30.4 Å². The third kappa shape index (κ3) is 3.55. The van der Waals surface area contributed by atoms with Crippen molar-refractivity contribution in [3.63, 3.8) is 0 Å². The monoisotopic (exact) mass is 510 g/mol. The van der Waals surface area contributed by atoms with Gasteiger partial charge in [-0.05, 0) is 90.0 Å². The quantitative estimate of drug-likeness (QED) is 0.356. The van der Waals surface area contributed by atoms with E-state index in [9.17, 15) is 21.6 Å². The van der Waals surface area contributed by atoms with Crippen LogP contribution in [0, 0.1) is 17.8 Å². The fraction of sp³-hybridized carbons (Fsp3) is 0.400. The van der Waals surface area contributed by atoms with Gasteiger partial charge in [0.15, 0.2) is 9.84 Å². The van der Waals surface area contributed by atoms with Gasteiger partial charge in [0.1, 0.15) is 0 Å². The van der Waals surface area contributed by atoms with Crippen molar-refractivity contribution in [3.05, 3.63) is 83.4 Å². The van der Waals surface area contributed by atoms with Gasteiger partial charge in [-0.1, -0.05) is 61.5 Å². The summed E-state index contributed by atoms with van der Waals surface area (Å²) in [6.45, 7) is 1.90. The molecule has 2 fully saturated rings. The maximum Gasteiger partial charge on any atom is 0.416 e. The van der Waals surface area contributed by atoms with Gasteiger partial charge in [-0.25, -0.2) is 8.42 Å². The normalized spacial score (nSPS) is 28.1. The summed E-state index contributed by atoms with van der Waals surface area (Å²) >= 11 is 0. The molecule has 3 aromatic carbocycles. The number of hydrogen-bond donors (Lipinski definition) is 0. The highest BCUT2D eigenvalue weighted by Gasteiger charge is 2.58. The van der Waals surface area contributed by atoms with Crippen LogP contribution in [0.3, 0.4) is 0 Å². The molecule has 0 bridgehead atoms. The summed E-state index contributed by atoms with van der Waals surface area (Å²) in [5.41, 5.74) is 1.13. The first-order chi connectivity index (χ1) is 17.2. The lowest BCUT2D eigenvalue weighted by Crippen LogP contribution is -2.52. The molecule has 2 saturated carbocycles. The van der Waals surface area contributed by atoms with Crippen LogP contribution in [0.4, 0.5) is 13.2 Å². The minimum atomic E-state index is -4.60. The Hall–Kier alpha value is -2.60. The molecule has 0 aromatic heterocycles. The second kappa shape index (κ2) is 8.20. The number of benzene rings is 3. The number of allylic oxidation sites excluding steroid dienone is 1. The zero-order valence-corrected chi connectivity index (χ0v) is 20.9. The third-order valence-corrected chi connectivity index (χ3v) is 11.6. The summed E-state index contributed by atoms with van der Waals surface area (Å²) < 4.78 is 68.6. The van der Waals surface area contributed by atoms with Gasteiger partial charge in [-0.3, -0.25) is 0 Å². The highest BCUT2D eigenvalue weighted by molar-refractivity contribution is 7.93. The summed E-state index contributed by atoms with van der Waals surface area (Å²) in [6.07, 6.45) is 3.72. The van der Waals surface area contributed by atoms with Crippen molar-refractivity contribution in [3.8, 4) is 0 Å². The number of halogens is 3. The Labute approximate surface area is 210 Å². The zero-order chi connectivity index (χ0) is 25.3.